The van der Waals surface area contributed by atoms with Gasteiger partial charge in [-0.25, -0.2) is 0 Å². The maximum absolute atomic E-state index is 10.1. The van der Waals surface area contributed by atoms with Gasteiger partial charge in [-0.15, -0.1) is 0 Å². The van der Waals surface area contributed by atoms with Gasteiger partial charge in [-0.1, -0.05) is 32.0 Å². The van der Waals surface area contributed by atoms with E-state index in [0.29, 0.717) is 24.4 Å². The van der Waals surface area contributed by atoms with Crippen LogP contribution in [-0.4, -0.2) is 23.9 Å². The van der Waals surface area contributed by atoms with E-state index in [2.05, 4.69) is 39.0 Å². The second-order valence-electron chi connectivity index (χ2n) is 7.50. The topological polar surface area (TPSA) is 38.7 Å². The summed E-state index contributed by atoms with van der Waals surface area (Å²) in [5, 5.41) is 10.1. The molecule has 0 aromatic heterocycles. The predicted octanol–water partition coefficient (Wildman–Crippen LogP) is 3.18. The minimum atomic E-state index is -0.197. The SMILES string of the molecule is CC1CC2(C)Oc3ccccc3C3OCC1(CO)[C@@H](C)C32. The van der Waals surface area contributed by atoms with Gasteiger partial charge in [0.05, 0.1) is 19.3 Å². The van der Waals surface area contributed by atoms with Crippen molar-refractivity contribution < 1.29 is 14.6 Å². The minimum Gasteiger partial charge on any atom is -0.487 e. The summed E-state index contributed by atoms with van der Waals surface area (Å²) >= 11 is 0. The van der Waals surface area contributed by atoms with Crippen molar-refractivity contribution in [1.82, 2.24) is 0 Å². The summed E-state index contributed by atoms with van der Waals surface area (Å²) < 4.78 is 12.7. The first kappa shape index (κ1) is 13.6. The number of aliphatic hydroxyl groups excluding tert-OH is 1. The number of ether oxygens (including phenoxy) is 2. The Bertz CT molecular complexity index is 571. The molecular weight excluding hydrogens is 264 g/mol. The van der Waals surface area contributed by atoms with Gasteiger partial charge < -0.3 is 14.6 Å². The molecule has 114 valence electrons. The standard InChI is InChI=1S/C18H24O3/c1-11-8-17(3)15-12(2)18(11,9-19)10-20-16(15)13-6-4-5-7-14(13)21-17/h4-7,11-12,15-16,19H,8-10H2,1-3H3/t11?,12-,15?,16?,17?,18?/m0/s1. The molecule has 2 fully saturated rings. The molecule has 2 heterocycles. The Labute approximate surface area is 126 Å². The molecule has 1 aromatic rings. The van der Waals surface area contributed by atoms with E-state index < -0.39 is 0 Å². The maximum Gasteiger partial charge on any atom is 0.125 e. The van der Waals surface area contributed by atoms with Crippen molar-refractivity contribution >= 4 is 0 Å². The highest BCUT2D eigenvalue weighted by Crippen LogP contribution is 2.63. The number of benzene rings is 1. The van der Waals surface area contributed by atoms with Crippen molar-refractivity contribution in [2.75, 3.05) is 13.2 Å². The Morgan fingerprint density at radius 2 is 2.05 bits per heavy atom. The van der Waals surface area contributed by atoms with Crippen molar-refractivity contribution in [2.24, 2.45) is 23.2 Å². The third-order valence-corrected chi connectivity index (χ3v) is 6.56. The number of fused-ring (bicyclic) bond motifs is 3. The molecule has 3 nitrogen and oxygen atoms in total. The lowest BCUT2D eigenvalue weighted by atomic mass is 9.50. The molecule has 0 radical (unpaired) electrons. The van der Waals surface area contributed by atoms with E-state index in [-0.39, 0.29) is 23.7 Å². The number of hydrogen-bond acceptors (Lipinski definition) is 3. The van der Waals surface area contributed by atoms with Crippen LogP contribution in [-0.2, 0) is 4.74 Å². The molecule has 6 atom stereocenters. The molecular formula is C18H24O3. The highest BCUT2D eigenvalue weighted by Gasteiger charge is 2.64. The van der Waals surface area contributed by atoms with Crippen LogP contribution in [0.4, 0.5) is 0 Å². The normalized spacial score (nSPS) is 47.4. The summed E-state index contributed by atoms with van der Waals surface area (Å²) in [4.78, 5) is 0. The zero-order valence-electron chi connectivity index (χ0n) is 13.0. The molecule has 3 heteroatoms. The van der Waals surface area contributed by atoms with Gasteiger partial charge in [0.25, 0.3) is 0 Å². The third kappa shape index (κ3) is 1.56. The molecule has 2 bridgehead atoms. The molecule has 1 aliphatic carbocycles. The van der Waals surface area contributed by atoms with Crippen LogP contribution in [0, 0.1) is 23.2 Å². The first-order valence-corrected chi connectivity index (χ1v) is 8.02. The average Bonchev–Trinajstić information content (AvgIpc) is 2.46. The smallest absolute Gasteiger partial charge is 0.125 e. The van der Waals surface area contributed by atoms with Gasteiger partial charge in [-0.2, -0.15) is 0 Å². The molecule has 21 heavy (non-hydrogen) atoms. The summed E-state index contributed by atoms with van der Waals surface area (Å²) in [6, 6.07) is 8.26. The Morgan fingerprint density at radius 3 is 2.81 bits per heavy atom. The molecule has 1 N–H and O–H groups in total. The van der Waals surface area contributed by atoms with Gasteiger partial charge >= 0.3 is 0 Å². The summed E-state index contributed by atoms with van der Waals surface area (Å²) in [5.41, 5.74) is 0.862. The van der Waals surface area contributed by atoms with Crippen LogP contribution in [0.2, 0.25) is 0 Å². The first-order valence-electron chi connectivity index (χ1n) is 8.02. The van der Waals surface area contributed by atoms with Crippen LogP contribution < -0.4 is 4.74 Å². The molecule has 0 amide bonds. The Morgan fingerprint density at radius 1 is 1.29 bits per heavy atom. The predicted molar refractivity (Wildman–Crippen MR) is 80.1 cm³/mol. The van der Waals surface area contributed by atoms with Crippen LogP contribution in [0.1, 0.15) is 38.9 Å². The summed E-state index contributed by atoms with van der Waals surface area (Å²) in [7, 11) is 0. The van der Waals surface area contributed by atoms with E-state index in [9.17, 15) is 5.11 Å². The molecule has 3 aliphatic rings. The van der Waals surface area contributed by atoms with Crippen LogP contribution in [0.3, 0.4) is 0 Å². The number of aliphatic hydroxyl groups is 1. The monoisotopic (exact) mass is 288 g/mol. The lowest BCUT2D eigenvalue weighted by Crippen LogP contribution is -2.65. The van der Waals surface area contributed by atoms with Crippen molar-refractivity contribution in [1.29, 1.82) is 0 Å². The molecule has 1 saturated heterocycles. The molecule has 4 rings (SSSR count). The highest BCUT2D eigenvalue weighted by atomic mass is 16.5. The van der Waals surface area contributed by atoms with Crippen LogP contribution >= 0.6 is 0 Å². The van der Waals surface area contributed by atoms with Gasteiger partial charge in [0.2, 0.25) is 0 Å². The summed E-state index contributed by atoms with van der Waals surface area (Å²) in [5.74, 6) is 2.07. The highest BCUT2D eigenvalue weighted by molar-refractivity contribution is 5.40. The molecule has 0 spiro atoms. The molecule has 2 aliphatic heterocycles. The fraction of sp³-hybridized carbons (Fsp3) is 0.667. The van der Waals surface area contributed by atoms with E-state index in [0.717, 1.165) is 12.2 Å². The minimum absolute atomic E-state index is 0.0992. The van der Waals surface area contributed by atoms with Crippen LogP contribution in [0.25, 0.3) is 0 Å². The van der Waals surface area contributed by atoms with Crippen LogP contribution in [0.15, 0.2) is 24.3 Å². The zero-order valence-corrected chi connectivity index (χ0v) is 13.0. The fourth-order valence-electron chi connectivity index (χ4n) is 5.29. The fourth-order valence-corrected chi connectivity index (χ4v) is 5.29. The lowest BCUT2D eigenvalue weighted by Gasteiger charge is -2.63. The van der Waals surface area contributed by atoms with Gasteiger partial charge in [0.1, 0.15) is 11.4 Å². The molecule has 5 unspecified atom stereocenters. The largest absolute Gasteiger partial charge is 0.487 e. The Balaban J connectivity index is 1.87. The van der Waals surface area contributed by atoms with Gasteiger partial charge in [-0.3, -0.25) is 0 Å². The van der Waals surface area contributed by atoms with Gasteiger partial charge in [-0.05, 0) is 31.2 Å². The van der Waals surface area contributed by atoms with E-state index in [1.54, 1.807) is 0 Å². The number of para-hydroxylation sites is 1. The Kier molecular flexibility index (Phi) is 2.74. The van der Waals surface area contributed by atoms with E-state index >= 15 is 0 Å². The van der Waals surface area contributed by atoms with Crippen molar-refractivity contribution in [3.05, 3.63) is 29.8 Å². The summed E-state index contributed by atoms with van der Waals surface area (Å²) in [6.45, 7) is 7.60. The van der Waals surface area contributed by atoms with Crippen molar-refractivity contribution in [3.8, 4) is 5.75 Å². The van der Waals surface area contributed by atoms with Crippen LogP contribution in [0.5, 0.6) is 5.75 Å². The quantitative estimate of drug-likeness (QED) is 0.862. The zero-order chi connectivity index (χ0) is 14.8. The van der Waals surface area contributed by atoms with Gasteiger partial charge in [0.15, 0.2) is 0 Å². The average molecular weight is 288 g/mol. The van der Waals surface area contributed by atoms with E-state index in [4.69, 9.17) is 9.47 Å². The number of rotatable bonds is 1. The third-order valence-electron chi connectivity index (χ3n) is 6.56. The van der Waals surface area contributed by atoms with Crippen molar-refractivity contribution in [3.63, 3.8) is 0 Å². The lowest BCUT2D eigenvalue weighted by molar-refractivity contribution is -0.260. The van der Waals surface area contributed by atoms with E-state index in [1.807, 2.05) is 6.07 Å². The second-order valence-corrected chi connectivity index (χ2v) is 7.50. The summed E-state index contributed by atoms with van der Waals surface area (Å²) in [6.07, 6.45) is 1.08. The molecule has 1 aromatic carbocycles. The van der Waals surface area contributed by atoms with Gasteiger partial charge in [0, 0.05) is 16.9 Å². The van der Waals surface area contributed by atoms with Crippen molar-refractivity contribution in [2.45, 2.75) is 38.9 Å². The Hall–Kier alpha value is -1.06. The molecule has 1 saturated carbocycles. The first-order chi connectivity index (χ1) is 10.0. The second kappa shape index (κ2) is 4.23. The number of hydrogen-bond donors (Lipinski definition) is 1. The maximum atomic E-state index is 10.1. The van der Waals surface area contributed by atoms with E-state index in [1.165, 1.54) is 5.56 Å².